The number of nitriles is 1. The number of hydrogen-bond acceptors (Lipinski definition) is 6. The van der Waals surface area contributed by atoms with Crippen LogP contribution in [0.5, 0.6) is 0 Å². The molecule has 1 heterocycles. The van der Waals surface area contributed by atoms with E-state index in [2.05, 4.69) is 15.5 Å². The number of thioether (sulfide) groups is 1. The Morgan fingerprint density at radius 2 is 2.35 bits per heavy atom. The molecule has 102 valence electrons. The SMILES string of the molecule is Cc1nnc(SCCC(=O)Nc2cccc(C#N)c2)o1. The summed E-state index contributed by atoms with van der Waals surface area (Å²) in [5.74, 6) is 0.930. The van der Waals surface area contributed by atoms with Gasteiger partial charge < -0.3 is 9.73 Å². The molecule has 20 heavy (non-hydrogen) atoms. The van der Waals surface area contributed by atoms with Crippen LogP contribution in [-0.4, -0.2) is 21.9 Å². The Morgan fingerprint density at radius 1 is 1.50 bits per heavy atom. The number of aromatic nitrogens is 2. The normalized spacial score (nSPS) is 10.0. The van der Waals surface area contributed by atoms with Crippen LogP contribution in [0.4, 0.5) is 5.69 Å². The van der Waals surface area contributed by atoms with Crippen molar-refractivity contribution >= 4 is 23.4 Å². The number of amides is 1. The first-order chi connectivity index (χ1) is 9.67. The summed E-state index contributed by atoms with van der Waals surface area (Å²) >= 11 is 1.33. The predicted molar refractivity (Wildman–Crippen MR) is 74.2 cm³/mol. The van der Waals surface area contributed by atoms with Crippen molar-refractivity contribution in [3.8, 4) is 6.07 Å². The number of benzene rings is 1. The molecule has 0 saturated carbocycles. The summed E-state index contributed by atoms with van der Waals surface area (Å²) in [5.41, 5.74) is 1.13. The molecule has 0 spiro atoms. The number of carbonyl (C=O) groups excluding carboxylic acids is 1. The van der Waals surface area contributed by atoms with E-state index in [1.165, 1.54) is 11.8 Å². The van der Waals surface area contributed by atoms with Crippen LogP contribution in [0.1, 0.15) is 17.9 Å². The Kier molecular flexibility index (Phi) is 4.74. The molecule has 1 aromatic carbocycles. The molecule has 1 N–H and O–H groups in total. The number of nitrogens with one attached hydrogen (secondary N) is 1. The smallest absolute Gasteiger partial charge is 0.276 e. The van der Waals surface area contributed by atoms with E-state index in [4.69, 9.17) is 9.68 Å². The lowest BCUT2D eigenvalue weighted by Crippen LogP contribution is -2.12. The Labute approximate surface area is 120 Å². The molecule has 6 nitrogen and oxygen atoms in total. The van der Waals surface area contributed by atoms with Gasteiger partial charge in [0.2, 0.25) is 11.8 Å². The standard InChI is InChI=1S/C13H12N4O2S/c1-9-16-17-13(19-9)20-6-5-12(18)15-11-4-2-3-10(7-11)8-14/h2-4,7H,5-6H2,1H3,(H,15,18). The van der Waals surface area contributed by atoms with Gasteiger partial charge in [-0.3, -0.25) is 4.79 Å². The molecular formula is C13H12N4O2S. The van der Waals surface area contributed by atoms with E-state index in [1.807, 2.05) is 6.07 Å². The molecule has 1 aromatic heterocycles. The van der Waals surface area contributed by atoms with E-state index in [-0.39, 0.29) is 5.91 Å². The molecule has 0 saturated heterocycles. The molecule has 0 unspecified atom stereocenters. The lowest BCUT2D eigenvalue weighted by Gasteiger charge is -2.04. The van der Waals surface area contributed by atoms with Gasteiger partial charge in [-0.05, 0) is 18.2 Å². The predicted octanol–water partition coefficient (Wildman–Crippen LogP) is 2.37. The van der Waals surface area contributed by atoms with Gasteiger partial charge >= 0.3 is 0 Å². The zero-order chi connectivity index (χ0) is 14.4. The minimum absolute atomic E-state index is 0.121. The van der Waals surface area contributed by atoms with Crippen LogP contribution in [0, 0.1) is 18.3 Å². The van der Waals surface area contributed by atoms with Crippen molar-refractivity contribution in [2.75, 3.05) is 11.1 Å². The molecule has 0 atom stereocenters. The highest BCUT2D eigenvalue weighted by molar-refractivity contribution is 7.99. The van der Waals surface area contributed by atoms with Gasteiger partial charge in [-0.2, -0.15) is 5.26 Å². The van der Waals surface area contributed by atoms with Crippen LogP contribution >= 0.6 is 11.8 Å². The fourth-order valence-corrected chi connectivity index (χ4v) is 2.20. The highest BCUT2D eigenvalue weighted by atomic mass is 32.2. The first kappa shape index (κ1) is 14.1. The summed E-state index contributed by atoms with van der Waals surface area (Å²) in [7, 11) is 0. The van der Waals surface area contributed by atoms with Crippen molar-refractivity contribution in [2.24, 2.45) is 0 Å². The maximum Gasteiger partial charge on any atom is 0.276 e. The van der Waals surface area contributed by atoms with Crippen LogP contribution in [0.25, 0.3) is 0 Å². The largest absolute Gasteiger partial charge is 0.416 e. The lowest BCUT2D eigenvalue weighted by molar-refractivity contribution is -0.115. The van der Waals surface area contributed by atoms with Crippen molar-refractivity contribution in [3.05, 3.63) is 35.7 Å². The van der Waals surface area contributed by atoms with Crippen molar-refractivity contribution in [3.63, 3.8) is 0 Å². The monoisotopic (exact) mass is 288 g/mol. The first-order valence-electron chi connectivity index (χ1n) is 5.90. The van der Waals surface area contributed by atoms with Gasteiger partial charge in [0, 0.05) is 24.8 Å². The molecule has 0 bridgehead atoms. The molecule has 0 radical (unpaired) electrons. The molecule has 2 aromatic rings. The highest BCUT2D eigenvalue weighted by Crippen LogP contribution is 2.17. The van der Waals surface area contributed by atoms with Crippen molar-refractivity contribution < 1.29 is 9.21 Å². The van der Waals surface area contributed by atoms with E-state index in [0.29, 0.717) is 34.5 Å². The summed E-state index contributed by atoms with van der Waals surface area (Å²) in [6, 6.07) is 8.81. The summed E-state index contributed by atoms with van der Waals surface area (Å²) < 4.78 is 5.19. The Bertz CT molecular complexity index is 648. The van der Waals surface area contributed by atoms with Crippen LogP contribution in [0.15, 0.2) is 33.9 Å². The van der Waals surface area contributed by atoms with Gasteiger partial charge in [-0.1, -0.05) is 17.8 Å². The highest BCUT2D eigenvalue weighted by Gasteiger charge is 2.06. The number of carbonyl (C=O) groups is 1. The van der Waals surface area contributed by atoms with Gasteiger partial charge in [-0.25, -0.2) is 0 Å². The van der Waals surface area contributed by atoms with Gasteiger partial charge in [0.05, 0.1) is 11.6 Å². The quantitative estimate of drug-likeness (QED) is 0.849. The molecule has 2 rings (SSSR count). The van der Waals surface area contributed by atoms with E-state index < -0.39 is 0 Å². The molecule has 0 aliphatic heterocycles. The maximum atomic E-state index is 11.7. The third-order valence-electron chi connectivity index (χ3n) is 2.34. The summed E-state index contributed by atoms with van der Waals surface area (Å²) in [6.07, 6.45) is 0.322. The fraction of sp³-hybridized carbons (Fsp3) is 0.231. The van der Waals surface area contributed by atoms with Gasteiger partial charge in [0.1, 0.15) is 0 Å². The van der Waals surface area contributed by atoms with Crippen molar-refractivity contribution in [1.82, 2.24) is 10.2 Å². The lowest BCUT2D eigenvalue weighted by atomic mass is 10.2. The minimum Gasteiger partial charge on any atom is -0.416 e. The second kappa shape index (κ2) is 6.73. The van der Waals surface area contributed by atoms with E-state index in [0.717, 1.165) is 0 Å². The Hall–Kier alpha value is -2.33. The number of rotatable bonds is 5. The second-order valence-electron chi connectivity index (χ2n) is 3.93. The number of aryl methyl sites for hydroxylation is 1. The third kappa shape index (κ3) is 4.10. The molecule has 0 aliphatic carbocycles. The van der Waals surface area contributed by atoms with E-state index in [9.17, 15) is 4.79 Å². The number of hydrogen-bond donors (Lipinski definition) is 1. The first-order valence-corrected chi connectivity index (χ1v) is 6.89. The van der Waals surface area contributed by atoms with E-state index in [1.54, 1.807) is 31.2 Å². The van der Waals surface area contributed by atoms with Crippen LogP contribution < -0.4 is 5.32 Å². The van der Waals surface area contributed by atoms with Crippen LogP contribution in [0.2, 0.25) is 0 Å². The van der Waals surface area contributed by atoms with Gasteiger partial charge in [-0.15, -0.1) is 10.2 Å². The number of anilines is 1. The zero-order valence-electron chi connectivity index (χ0n) is 10.8. The average Bonchev–Trinajstić information content (AvgIpc) is 2.84. The summed E-state index contributed by atoms with van der Waals surface area (Å²) in [4.78, 5) is 11.7. The third-order valence-corrected chi connectivity index (χ3v) is 3.16. The topological polar surface area (TPSA) is 91.8 Å². The summed E-state index contributed by atoms with van der Waals surface area (Å²) in [6.45, 7) is 1.71. The van der Waals surface area contributed by atoms with Crippen LogP contribution in [0.3, 0.4) is 0 Å². The molecule has 1 amide bonds. The average molecular weight is 288 g/mol. The number of nitrogens with zero attached hydrogens (tertiary/aromatic N) is 3. The second-order valence-corrected chi connectivity index (χ2v) is 4.97. The van der Waals surface area contributed by atoms with Gasteiger partial charge in [0.15, 0.2) is 0 Å². The Balaban J connectivity index is 1.79. The molecular weight excluding hydrogens is 276 g/mol. The molecule has 7 heteroatoms. The minimum atomic E-state index is -0.121. The Morgan fingerprint density at radius 3 is 3.05 bits per heavy atom. The van der Waals surface area contributed by atoms with Crippen LogP contribution in [-0.2, 0) is 4.79 Å². The molecule has 0 fully saturated rings. The van der Waals surface area contributed by atoms with Gasteiger partial charge in [0.25, 0.3) is 5.22 Å². The van der Waals surface area contributed by atoms with Crippen molar-refractivity contribution in [1.29, 1.82) is 5.26 Å². The molecule has 0 aliphatic rings. The fourth-order valence-electron chi connectivity index (χ4n) is 1.46. The van der Waals surface area contributed by atoms with E-state index >= 15 is 0 Å². The van der Waals surface area contributed by atoms with Crippen molar-refractivity contribution in [2.45, 2.75) is 18.6 Å². The zero-order valence-corrected chi connectivity index (χ0v) is 11.6. The summed E-state index contributed by atoms with van der Waals surface area (Å²) in [5, 5.41) is 19.5. The maximum absolute atomic E-state index is 11.7.